The number of aromatic nitrogens is 1. The minimum atomic E-state index is -4.78. The molecule has 3 rings (SSSR count). The maximum Gasteiger partial charge on any atom is 0.471 e. The second-order valence-corrected chi connectivity index (χ2v) is 8.21. The third-order valence-corrected chi connectivity index (χ3v) is 4.92. The summed E-state index contributed by atoms with van der Waals surface area (Å²) in [5.74, 6) is -1.27. The van der Waals surface area contributed by atoms with Gasteiger partial charge in [0.2, 0.25) is 0 Å². The molecule has 9 nitrogen and oxygen atoms in total. The largest absolute Gasteiger partial charge is 0.471 e. The maximum absolute atomic E-state index is 13.3. The number of phosphoric ester groups is 1. The molecule has 0 aliphatic heterocycles. The van der Waals surface area contributed by atoms with Crippen molar-refractivity contribution >= 4 is 31.0 Å². The highest BCUT2D eigenvalue weighted by Gasteiger charge is 2.18. The van der Waals surface area contributed by atoms with Gasteiger partial charge in [0, 0.05) is 18.0 Å². The van der Waals surface area contributed by atoms with Crippen LogP contribution in [-0.2, 0) is 22.5 Å². The van der Waals surface area contributed by atoms with Crippen LogP contribution in [0.1, 0.15) is 15.9 Å². The van der Waals surface area contributed by atoms with E-state index in [0.717, 1.165) is 29.0 Å². The molecule has 3 aromatic rings. The number of ether oxygens (including phenoxy) is 1. The van der Waals surface area contributed by atoms with Gasteiger partial charge in [0.15, 0.2) is 0 Å². The summed E-state index contributed by atoms with van der Waals surface area (Å²) in [6.07, 6.45) is 1.15. The average Bonchev–Trinajstić information content (AvgIpc) is 2.74. The van der Waals surface area contributed by atoms with Crippen molar-refractivity contribution in [2.45, 2.75) is 13.4 Å². The highest BCUT2D eigenvalue weighted by atomic mass is 35.5. The number of benzene rings is 2. The highest BCUT2D eigenvalue weighted by Crippen LogP contribution is 2.36. The van der Waals surface area contributed by atoms with Gasteiger partial charge in [0.1, 0.15) is 30.7 Å². The number of nitrogens with one attached hydrogen (secondary N) is 1. The lowest BCUT2D eigenvalue weighted by Gasteiger charge is -2.14. The van der Waals surface area contributed by atoms with Gasteiger partial charge in [-0.2, -0.15) is 0 Å². The predicted octanol–water partition coefficient (Wildman–Crippen LogP) is 4.22. The van der Waals surface area contributed by atoms with Crippen LogP contribution in [0.2, 0.25) is 5.02 Å². The van der Waals surface area contributed by atoms with E-state index in [1.54, 1.807) is 0 Å². The monoisotopic (exact) mass is 500 g/mol. The Kier molecular flexibility index (Phi) is 7.62. The molecular weight excluding hydrogens is 485 g/mol. The fourth-order valence-corrected chi connectivity index (χ4v) is 3.11. The molecule has 0 bridgehead atoms. The van der Waals surface area contributed by atoms with Crippen molar-refractivity contribution in [3.63, 3.8) is 0 Å². The Bertz CT molecular complexity index is 1300. The second kappa shape index (κ2) is 10.2. The smallest absolute Gasteiger partial charge is 0.455 e. The molecule has 0 fully saturated rings. The Balaban J connectivity index is 1.85. The van der Waals surface area contributed by atoms with Crippen LogP contribution in [0.3, 0.4) is 0 Å². The molecule has 13 heteroatoms. The lowest BCUT2D eigenvalue weighted by molar-refractivity contribution is 0.102. The van der Waals surface area contributed by atoms with Crippen LogP contribution in [0, 0.1) is 5.82 Å². The van der Waals surface area contributed by atoms with Crippen LogP contribution in [0.5, 0.6) is 11.5 Å². The lowest BCUT2D eigenvalue weighted by atomic mass is 10.1. The highest BCUT2D eigenvalue weighted by molar-refractivity contribution is 7.46. The van der Waals surface area contributed by atoms with Crippen molar-refractivity contribution in [1.82, 2.24) is 4.57 Å². The maximum atomic E-state index is 13.3. The molecule has 0 atom stereocenters. The molecule has 1 aromatic heterocycles. The first-order chi connectivity index (χ1) is 15.6. The van der Waals surface area contributed by atoms with Crippen molar-refractivity contribution in [2.75, 3.05) is 5.32 Å². The summed E-state index contributed by atoms with van der Waals surface area (Å²) in [6.45, 7) is -1.56. The third kappa shape index (κ3) is 6.70. The van der Waals surface area contributed by atoms with Gasteiger partial charge in [-0.3, -0.25) is 18.7 Å². The van der Waals surface area contributed by atoms with Crippen molar-refractivity contribution in [1.29, 1.82) is 0 Å². The first kappa shape index (κ1) is 24.6. The van der Waals surface area contributed by atoms with Gasteiger partial charge in [-0.15, -0.1) is 0 Å². The lowest BCUT2D eigenvalue weighted by Crippen LogP contribution is -2.21. The predicted molar refractivity (Wildman–Crippen MR) is 115 cm³/mol. The second-order valence-electron chi connectivity index (χ2n) is 6.57. The van der Waals surface area contributed by atoms with Crippen LogP contribution in [0.25, 0.3) is 0 Å². The number of hydrogen-bond donors (Lipinski definition) is 3. The molecule has 0 aliphatic rings. The van der Waals surface area contributed by atoms with Gasteiger partial charge in [0.05, 0.1) is 10.6 Å². The van der Waals surface area contributed by atoms with Crippen molar-refractivity contribution in [2.24, 2.45) is 0 Å². The number of amides is 1. The van der Waals surface area contributed by atoms with Gasteiger partial charge in [-0.1, -0.05) is 17.7 Å². The SMILES string of the molecule is O=C(Nc1ccn(COP(=O)(O)O)c(=O)c1)c1cc(CF)ccc1Oc1ccc(F)cc1Cl. The topological polar surface area (TPSA) is 127 Å². The fourth-order valence-electron chi connectivity index (χ4n) is 2.63. The minimum Gasteiger partial charge on any atom is -0.455 e. The first-order valence-electron chi connectivity index (χ1n) is 9.09. The normalized spacial score (nSPS) is 11.3. The Hall–Kier alpha value is -3.08. The third-order valence-electron chi connectivity index (χ3n) is 4.18. The summed E-state index contributed by atoms with van der Waals surface area (Å²) >= 11 is 5.96. The zero-order chi connectivity index (χ0) is 24.2. The fraction of sp³-hybridized carbons (Fsp3) is 0.100. The van der Waals surface area contributed by atoms with Crippen LogP contribution in [0.15, 0.2) is 59.5 Å². The number of halogens is 3. The zero-order valence-electron chi connectivity index (χ0n) is 16.6. The molecule has 0 spiro atoms. The van der Waals surface area contributed by atoms with Crippen molar-refractivity contribution in [3.8, 4) is 11.5 Å². The van der Waals surface area contributed by atoms with E-state index < -0.39 is 38.5 Å². The van der Waals surface area contributed by atoms with Crippen molar-refractivity contribution in [3.05, 3.63) is 87.0 Å². The molecule has 3 N–H and O–H groups in total. The summed E-state index contributed by atoms with van der Waals surface area (Å²) < 4.78 is 48.0. The molecular formula is C20H16ClF2N2O7P. The number of hydrogen-bond acceptors (Lipinski definition) is 5. The number of carbonyl (C=O) groups is 1. The summed E-state index contributed by atoms with van der Waals surface area (Å²) in [5, 5.41) is 2.41. The van der Waals surface area contributed by atoms with Crippen LogP contribution < -0.4 is 15.6 Å². The van der Waals surface area contributed by atoms with E-state index in [9.17, 15) is 22.9 Å². The Morgan fingerprint density at radius 2 is 1.85 bits per heavy atom. The molecule has 0 radical (unpaired) electrons. The Morgan fingerprint density at radius 3 is 2.48 bits per heavy atom. The molecule has 0 saturated carbocycles. The molecule has 1 amide bonds. The van der Waals surface area contributed by atoms with Crippen LogP contribution in [-0.4, -0.2) is 20.3 Å². The molecule has 1 heterocycles. The van der Waals surface area contributed by atoms with Crippen molar-refractivity contribution < 1.29 is 37.2 Å². The summed E-state index contributed by atoms with van der Waals surface area (Å²) in [5.41, 5.74) is -0.565. The number of alkyl halides is 1. The molecule has 0 saturated heterocycles. The van der Waals surface area contributed by atoms with Gasteiger partial charge in [0.25, 0.3) is 11.5 Å². The van der Waals surface area contributed by atoms with Gasteiger partial charge < -0.3 is 19.8 Å². The van der Waals surface area contributed by atoms with Crippen LogP contribution in [0.4, 0.5) is 14.5 Å². The zero-order valence-corrected chi connectivity index (χ0v) is 18.2. The average molecular weight is 501 g/mol. The van der Waals surface area contributed by atoms with E-state index in [1.165, 1.54) is 30.3 Å². The minimum absolute atomic E-state index is 0.00148. The van der Waals surface area contributed by atoms with Gasteiger partial charge >= 0.3 is 7.82 Å². The van der Waals surface area contributed by atoms with E-state index in [2.05, 4.69) is 9.84 Å². The van der Waals surface area contributed by atoms with E-state index >= 15 is 0 Å². The Morgan fingerprint density at radius 1 is 1.12 bits per heavy atom. The number of rotatable bonds is 8. The summed E-state index contributed by atoms with van der Waals surface area (Å²) in [6, 6.07) is 9.68. The van der Waals surface area contributed by atoms with E-state index in [1.807, 2.05) is 0 Å². The van der Waals surface area contributed by atoms with Gasteiger partial charge in [-0.25, -0.2) is 13.3 Å². The number of phosphoric acid groups is 1. The number of anilines is 1. The number of pyridine rings is 1. The van der Waals surface area contributed by atoms with E-state index in [-0.39, 0.29) is 33.3 Å². The molecule has 2 aromatic carbocycles. The van der Waals surface area contributed by atoms with Gasteiger partial charge in [-0.05, 0) is 42.0 Å². The Labute approximate surface area is 190 Å². The van der Waals surface area contributed by atoms with Crippen LogP contribution >= 0.6 is 19.4 Å². The van der Waals surface area contributed by atoms with E-state index in [4.69, 9.17) is 26.1 Å². The molecule has 0 unspecified atom stereocenters. The quantitative estimate of drug-likeness (QED) is 0.395. The summed E-state index contributed by atoms with van der Waals surface area (Å²) in [7, 11) is -4.78. The standard InChI is InChI=1S/C20H16ClF2N2O7P/c21-16-8-13(23)2-4-18(16)32-17-3-1-12(10-22)7-15(17)20(27)24-14-5-6-25(19(26)9-14)11-31-33(28,29)30/h1-9H,10-11H2,(H,24,27)(H2,28,29,30). The molecule has 0 aliphatic carbocycles. The first-order valence-corrected chi connectivity index (χ1v) is 11.0. The number of carbonyl (C=O) groups excluding carboxylic acids is 1. The van der Waals surface area contributed by atoms with E-state index in [0.29, 0.717) is 0 Å². The number of nitrogens with zero attached hydrogens (tertiary/aromatic N) is 1. The summed E-state index contributed by atoms with van der Waals surface area (Å²) in [4.78, 5) is 42.4. The molecule has 33 heavy (non-hydrogen) atoms. The molecule has 174 valence electrons.